The first-order chi connectivity index (χ1) is 12.7. The molecule has 0 saturated heterocycles. The smallest absolute Gasteiger partial charge is 0.229 e. The Morgan fingerprint density at radius 2 is 1.69 bits per heavy atom. The topological polar surface area (TPSA) is 50.3 Å². The normalized spacial score (nSPS) is 10.4. The van der Waals surface area contributed by atoms with Gasteiger partial charge >= 0.3 is 0 Å². The van der Waals surface area contributed by atoms with E-state index in [2.05, 4.69) is 36.2 Å². The summed E-state index contributed by atoms with van der Waals surface area (Å²) in [6, 6.07) is 19.9. The largest absolute Gasteiger partial charge is 0.497 e. The van der Waals surface area contributed by atoms with Gasteiger partial charge in [-0.15, -0.1) is 0 Å². The Balaban J connectivity index is 2.01. The Kier molecular flexibility index (Phi) is 5.69. The number of methoxy groups -OCH3 is 1. The second-order valence-corrected chi connectivity index (χ2v) is 5.83. The van der Waals surface area contributed by atoms with Crippen molar-refractivity contribution < 1.29 is 4.74 Å². The summed E-state index contributed by atoms with van der Waals surface area (Å²) < 4.78 is 5.29. The quantitative estimate of drug-likeness (QED) is 0.668. The highest BCUT2D eigenvalue weighted by Gasteiger charge is 2.11. The van der Waals surface area contributed by atoms with Crippen LogP contribution in [0.15, 0.2) is 60.7 Å². The Bertz CT molecular complexity index is 848. The van der Waals surface area contributed by atoms with Gasteiger partial charge in [0.25, 0.3) is 0 Å². The van der Waals surface area contributed by atoms with Gasteiger partial charge in [-0.25, -0.2) is 4.98 Å². The molecular weight excluding hydrogens is 324 g/mol. The van der Waals surface area contributed by atoms with Crippen LogP contribution in [-0.4, -0.2) is 30.2 Å². The van der Waals surface area contributed by atoms with Gasteiger partial charge in [0.15, 0.2) is 0 Å². The Labute approximate surface area is 154 Å². The van der Waals surface area contributed by atoms with Gasteiger partial charge in [0, 0.05) is 36.5 Å². The molecular formula is C21H24N4O. The van der Waals surface area contributed by atoms with E-state index in [1.165, 1.54) is 0 Å². The van der Waals surface area contributed by atoms with Gasteiger partial charge in [0.1, 0.15) is 11.6 Å². The molecule has 0 bridgehead atoms. The molecule has 0 fully saturated rings. The maximum absolute atomic E-state index is 5.29. The number of nitrogens with zero attached hydrogens (tertiary/aromatic N) is 3. The fourth-order valence-corrected chi connectivity index (χ4v) is 2.79. The molecule has 0 radical (unpaired) electrons. The highest BCUT2D eigenvalue weighted by Crippen LogP contribution is 2.26. The standard InChI is InChI=1S/C21H24N4O/c1-4-25(5-2)20-15-19(16-10-7-6-8-11-16)23-21(24-20)22-17-12-9-13-18(14-17)26-3/h6-15H,4-5H2,1-3H3,(H,22,23,24). The third kappa shape index (κ3) is 4.11. The van der Waals surface area contributed by atoms with Crippen molar-refractivity contribution >= 4 is 17.5 Å². The molecule has 2 aromatic carbocycles. The van der Waals surface area contributed by atoms with Crippen LogP contribution in [-0.2, 0) is 0 Å². The van der Waals surface area contributed by atoms with Crippen molar-refractivity contribution in [3.8, 4) is 17.0 Å². The monoisotopic (exact) mass is 348 g/mol. The first-order valence-electron chi connectivity index (χ1n) is 8.84. The van der Waals surface area contributed by atoms with Crippen LogP contribution in [0.4, 0.5) is 17.5 Å². The van der Waals surface area contributed by atoms with Gasteiger partial charge in [-0.2, -0.15) is 4.98 Å². The fraction of sp³-hybridized carbons (Fsp3) is 0.238. The molecule has 5 heteroatoms. The number of aromatic nitrogens is 2. The van der Waals surface area contributed by atoms with Gasteiger partial charge in [-0.1, -0.05) is 36.4 Å². The molecule has 1 aromatic heterocycles. The minimum atomic E-state index is 0.571. The van der Waals surface area contributed by atoms with Gasteiger partial charge < -0.3 is 15.0 Å². The molecule has 0 atom stereocenters. The number of nitrogens with one attached hydrogen (secondary N) is 1. The van der Waals surface area contributed by atoms with Gasteiger partial charge in [-0.05, 0) is 26.0 Å². The zero-order valence-electron chi connectivity index (χ0n) is 15.4. The number of ether oxygens (including phenoxy) is 1. The van der Waals surface area contributed by atoms with Crippen LogP contribution in [0.25, 0.3) is 11.3 Å². The molecule has 0 aliphatic carbocycles. The van der Waals surface area contributed by atoms with E-state index in [9.17, 15) is 0 Å². The molecule has 0 saturated carbocycles. The van der Waals surface area contributed by atoms with Crippen LogP contribution in [0, 0.1) is 0 Å². The predicted molar refractivity (Wildman–Crippen MR) is 107 cm³/mol. The molecule has 0 aliphatic heterocycles. The molecule has 0 aliphatic rings. The summed E-state index contributed by atoms with van der Waals surface area (Å²) in [7, 11) is 1.66. The number of hydrogen-bond donors (Lipinski definition) is 1. The highest BCUT2D eigenvalue weighted by atomic mass is 16.5. The lowest BCUT2D eigenvalue weighted by Crippen LogP contribution is -2.23. The van der Waals surface area contributed by atoms with Crippen LogP contribution < -0.4 is 15.0 Å². The third-order valence-corrected chi connectivity index (χ3v) is 4.20. The minimum absolute atomic E-state index is 0.571. The summed E-state index contributed by atoms with van der Waals surface area (Å²) in [4.78, 5) is 11.6. The van der Waals surface area contributed by atoms with E-state index in [4.69, 9.17) is 14.7 Å². The fourth-order valence-electron chi connectivity index (χ4n) is 2.79. The first kappa shape index (κ1) is 17.7. The van der Waals surface area contributed by atoms with Gasteiger partial charge in [0.05, 0.1) is 12.8 Å². The molecule has 0 spiro atoms. The van der Waals surface area contributed by atoms with E-state index in [-0.39, 0.29) is 0 Å². The molecule has 1 heterocycles. The van der Waals surface area contributed by atoms with Gasteiger partial charge in [-0.3, -0.25) is 0 Å². The molecule has 3 aromatic rings. The molecule has 3 rings (SSSR count). The average Bonchev–Trinajstić information content (AvgIpc) is 2.69. The van der Waals surface area contributed by atoms with E-state index in [0.717, 1.165) is 41.6 Å². The zero-order valence-corrected chi connectivity index (χ0v) is 15.4. The first-order valence-corrected chi connectivity index (χ1v) is 8.84. The maximum Gasteiger partial charge on any atom is 0.229 e. The maximum atomic E-state index is 5.29. The van der Waals surface area contributed by atoms with Crippen molar-refractivity contribution in [1.29, 1.82) is 0 Å². The Hall–Kier alpha value is -3.08. The minimum Gasteiger partial charge on any atom is -0.497 e. The van der Waals surface area contributed by atoms with Crippen molar-refractivity contribution in [2.45, 2.75) is 13.8 Å². The Morgan fingerprint density at radius 1 is 0.923 bits per heavy atom. The Morgan fingerprint density at radius 3 is 2.38 bits per heavy atom. The van der Waals surface area contributed by atoms with Crippen LogP contribution in [0.2, 0.25) is 0 Å². The van der Waals surface area contributed by atoms with Gasteiger partial charge in [0.2, 0.25) is 5.95 Å². The van der Waals surface area contributed by atoms with Crippen molar-refractivity contribution in [2.24, 2.45) is 0 Å². The predicted octanol–water partition coefficient (Wildman–Crippen LogP) is 4.74. The number of anilines is 3. The summed E-state index contributed by atoms with van der Waals surface area (Å²) in [6.07, 6.45) is 0. The van der Waals surface area contributed by atoms with Crippen LogP contribution >= 0.6 is 0 Å². The number of rotatable bonds is 7. The summed E-state index contributed by atoms with van der Waals surface area (Å²) in [5.41, 5.74) is 2.85. The lowest BCUT2D eigenvalue weighted by atomic mass is 10.1. The average molecular weight is 348 g/mol. The van der Waals surface area contributed by atoms with E-state index in [0.29, 0.717) is 5.95 Å². The molecule has 0 unspecified atom stereocenters. The number of benzene rings is 2. The summed E-state index contributed by atoms with van der Waals surface area (Å²) in [5.74, 6) is 2.27. The summed E-state index contributed by atoms with van der Waals surface area (Å²) in [5, 5.41) is 3.30. The summed E-state index contributed by atoms with van der Waals surface area (Å²) >= 11 is 0. The summed E-state index contributed by atoms with van der Waals surface area (Å²) in [6.45, 7) is 6.03. The van der Waals surface area contributed by atoms with Crippen molar-refractivity contribution in [1.82, 2.24) is 9.97 Å². The van der Waals surface area contributed by atoms with Crippen LogP contribution in [0.3, 0.4) is 0 Å². The van der Waals surface area contributed by atoms with Crippen LogP contribution in [0.1, 0.15) is 13.8 Å². The zero-order chi connectivity index (χ0) is 18.4. The molecule has 1 N–H and O–H groups in total. The molecule has 134 valence electrons. The molecule has 5 nitrogen and oxygen atoms in total. The van der Waals surface area contributed by atoms with Crippen molar-refractivity contribution in [3.05, 3.63) is 60.7 Å². The third-order valence-electron chi connectivity index (χ3n) is 4.20. The van der Waals surface area contributed by atoms with Crippen molar-refractivity contribution in [3.63, 3.8) is 0 Å². The SMILES string of the molecule is CCN(CC)c1cc(-c2ccccc2)nc(Nc2cccc(OC)c2)n1. The van der Waals surface area contributed by atoms with E-state index in [1.54, 1.807) is 7.11 Å². The van der Waals surface area contributed by atoms with E-state index >= 15 is 0 Å². The second kappa shape index (κ2) is 8.34. The lowest BCUT2D eigenvalue weighted by Gasteiger charge is -2.21. The van der Waals surface area contributed by atoms with Crippen molar-refractivity contribution in [2.75, 3.05) is 30.4 Å². The highest BCUT2D eigenvalue weighted by molar-refractivity contribution is 5.66. The molecule has 0 amide bonds. The number of hydrogen-bond acceptors (Lipinski definition) is 5. The molecule has 26 heavy (non-hydrogen) atoms. The lowest BCUT2D eigenvalue weighted by molar-refractivity contribution is 0.415. The van der Waals surface area contributed by atoms with Crippen LogP contribution in [0.5, 0.6) is 5.75 Å². The van der Waals surface area contributed by atoms with E-state index in [1.807, 2.05) is 48.5 Å². The van der Waals surface area contributed by atoms with E-state index < -0.39 is 0 Å². The second-order valence-electron chi connectivity index (χ2n) is 5.83.